The van der Waals surface area contributed by atoms with E-state index in [2.05, 4.69) is 81.1 Å². The van der Waals surface area contributed by atoms with Crippen molar-refractivity contribution in [3.05, 3.63) is 119 Å². The second kappa shape index (κ2) is 13.2. The van der Waals surface area contributed by atoms with Crippen LogP contribution in [-0.4, -0.2) is 12.3 Å². The first kappa shape index (κ1) is 28.1. The average Bonchev–Trinajstić information content (AvgIpc) is 2.96. The normalized spacial score (nSPS) is 11.2. The number of carbonyl (C=O) groups excluding carboxylic acids is 1. The van der Waals surface area contributed by atoms with Gasteiger partial charge in [-0.2, -0.15) is 0 Å². The Hall–Kier alpha value is -3.92. The third kappa shape index (κ3) is 6.94. The van der Waals surface area contributed by atoms with E-state index in [4.69, 9.17) is 4.74 Å². The van der Waals surface area contributed by atoms with Crippen LogP contribution in [0.1, 0.15) is 73.5 Å². The molecule has 0 aliphatic rings. The maximum atomic E-state index is 13.9. The Labute approximate surface area is 232 Å². The first-order chi connectivity index (χ1) is 18.9. The van der Waals surface area contributed by atoms with Gasteiger partial charge in [-0.15, -0.1) is 0 Å². The first-order valence-electron chi connectivity index (χ1n) is 13.8. The summed E-state index contributed by atoms with van der Waals surface area (Å²) in [5.74, 6) is 0.755. The molecule has 0 aliphatic heterocycles. The Morgan fingerprint density at radius 3 is 2.18 bits per heavy atom. The Balaban J connectivity index is 1.46. The van der Waals surface area contributed by atoms with Crippen LogP contribution in [-0.2, 0) is 13.2 Å². The van der Waals surface area contributed by atoms with Crippen LogP contribution in [0.5, 0.6) is 5.75 Å². The van der Waals surface area contributed by atoms with Crippen molar-refractivity contribution in [2.75, 3.05) is 4.90 Å². The van der Waals surface area contributed by atoms with Gasteiger partial charge >= 0.3 is 0 Å². The Bertz CT molecular complexity index is 1360. The summed E-state index contributed by atoms with van der Waals surface area (Å²) in [4.78, 5) is 13.7. The van der Waals surface area contributed by atoms with Gasteiger partial charge < -0.3 is 9.64 Å². The number of hydrogen-bond acceptors (Lipinski definition) is 3. The van der Waals surface area contributed by atoms with E-state index < -0.39 is 5.82 Å². The van der Waals surface area contributed by atoms with Crippen LogP contribution in [0, 0.1) is 5.82 Å². The number of halogens is 1. The molecule has 4 aromatic carbocycles. The molecule has 0 unspecified atom stereocenters. The lowest BCUT2D eigenvalue weighted by atomic mass is 9.94. The van der Waals surface area contributed by atoms with Crippen LogP contribution < -0.4 is 9.64 Å². The zero-order valence-corrected chi connectivity index (χ0v) is 23.4. The number of anilines is 1. The third-order valence-electron chi connectivity index (χ3n) is 7.43. The standard InChI is InChI=1S/C35H38FNO2/c1-5-27(6-2)28-13-17-32(18-14-28)37(25(3)4)22-26-9-7-10-30(21-26)29-15-19-33(20-16-29)39-24-31-11-8-12-35(36)34(31)23-38/h7-21,23,25,27H,5-6,22,24H2,1-4H3. The van der Waals surface area contributed by atoms with Gasteiger partial charge in [0.15, 0.2) is 6.29 Å². The van der Waals surface area contributed by atoms with Crippen molar-refractivity contribution in [1.29, 1.82) is 0 Å². The van der Waals surface area contributed by atoms with Crippen molar-refractivity contribution in [2.24, 2.45) is 0 Å². The van der Waals surface area contributed by atoms with E-state index in [9.17, 15) is 9.18 Å². The lowest BCUT2D eigenvalue weighted by Gasteiger charge is -2.30. The molecule has 0 N–H and O–H groups in total. The molecule has 0 saturated heterocycles. The fraction of sp³-hybridized carbons (Fsp3) is 0.286. The molecular formula is C35H38FNO2. The topological polar surface area (TPSA) is 29.5 Å². The zero-order chi connectivity index (χ0) is 27.8. The van der Waals surface area contributed by atoms with Crippen molar-refractivity contribution >= 4 is 12.0 Å². The second-order valence-corrected chi connectivity index (χ2v) is 10.3. The van der Waals surface area contributed by atoms with Crippen LogP contribution >= 0.6 is 0 Å². The fourth-order valence-corrected chi connectivity index (χ4v) is 5.06. The molecule has 0 radical (unpaired) electrons. The number of ether oxygens (including phenoxy) is 1. The smallest absolute Gasteiger partial charge is 0.153 e. The number of aldehydes is 1. The molecule has 4 aromatic rings. The summed E-state index contributed by atoms with van der Waals surface area (Å²) in [7, 11) is 0. The number of nitrogens with zero attached hydrogens (tertiary/aromatic N) is 1. The second-order valence-electron chi connectivity index (χ2n) is 10.3. The molecule has 0 atom stereocenters. The highest BCUT2D eigenvalue weighted by Crippen LogP contribution is 2.29. The quantitative estimate of drug-likeness (QED) is 0.173. The van der Waals surface area contributed by atoms with E-state index in [1.807, 2.05) is 24.3 Å². The number of hydrogen-bond donors (Lipinski definition) is 0. The number of carbonyl (C=O) groups is 1. The van der Waals surface area contributed by atoms with Crippen molar-refractivity contribution in [1.82, 2.24) is 0 Å². The number of rotatable bonds is 12. The van der Waals surface area contributed by atoms with Gasteiger partial charge in [-0.05, 0) is 91.3 Å². The monoisotopic (exact) mass is 523 g/mol. The molecule has 3 nitrogen and oxygen atoms in total. The lowest BCUT2D eigenvalue weighted by molar-refractivity contribution is 0.111. The van der Waals surface area contributed by atoms with Gasteiger partial charge in [0.1, 0.15) is 18.2 Å². The summed E-state index contributed by atoms with van der Waals surface area (Å²) in [6.07, 6.45) is 2.86. The van der Waals surface area contributed by atoms with Gasteiger partial charge in [0.2, 0.25) is 0 Å². The third-order valence-corrected chi connectivity index (χ3v) is 7.43. The SMILES string of the molecule is CCC(CC)c1ccc(N(Cc2cccc(-c3ccc(OCc4cccc(F)c4C=O)cc3)c2)C(C)C)cc1. The van der Waals surface area contributed by atoms with Crippen LogP contribution in [0.4, 0.5) is 10.1 Å². The lowest BCUT2D eigenvalue weighted by Crippen LogP contribution is -2.30. The maximum Gasteiger partial charge on any atom is 0.153 e. The van der Waals surface area contributed by atoms with Gasteiger partial charge in [0, 0.05) is 23.8 Å². The molecule has 39 heavy (non-hydrogen) atoms. The minimum Gasteiger partial charge on any atom is -0.489 e. The molecule has 202 valence electrons. The van der Waals surface area contributed by atoms with Crippen molar-refractivity contribution in [3.8, 4) is 16.9 Å². The van der Waals surface area contributed by atoms with Crippen LogP contribution in [0.2, 0.25) is 0 Å². The summed E-state index contributed by atoms with van der Waals surface area (Å²) in [5, 5.41) is 0. The fourth-order valence-electron chi connectivity index (χ4n) is 5.06. The van der Waals surface area contributed by atoms with Crippen molar-refractivity contribution in [2.45, 2.75) is 65.6 Å². The van der Waals surface area contributed by atoms with E-state index in [-0.39, 0.29) is 12.2 Å². The van der Waals surface area contributed by atoms with E-state index in [1.165, 1.54) is 22.9 Å². The summed E-state index contributed by atoms with van der Waals surface area (Å²) < 4.78 is 19.7. The molecular weight excluding hydrogens is 485 g/mol. The van der Waals surface area contributed by atoms with Gasteiger partial charge in [-0.3, -0.25) is 4.79 Å². The minimum atomic E-state index is -0.531. The molecule has 0 saturated carbocycles. The number of benzene rings is 4. The molecule has 0 aromatic heterocycles. The molecule has 0 heterocycles. The molecule has 0 spiro atoms. The molecule has 4 heteroatoms. The molecule has 0 bridgehead atoms. The Morgan fingerprint density at radius 1 is 0.846 bits per heavy atom. The van der Waals surface area contributed by atoms with Gasteiger partial charge in [-0.1, -0.05) is 68.4 Å². The van der Waals surface area contributed by atoms with E-state index in [0.29, 0.717) is 29.6 Å². The predicted octanol–water partition coefficient (Wildman–Crippen LogP) is 9.20. The molecule has 0 aliphatic carbocycles. The van der Waals surface area contributed by atoms with Crippen molar-refractivity contribution in [3.63, 3.8) is 0 Å². The van der Waals surface area contributed by atoms with Gasteiger partial charge in [-0.25, -0.2) is 4.39 Å². The molecule has 4 rings (SSSR count). The summed E-state index contributed by atoms with van der Waals surface area (Å²) in [5.41, 5.74) is 6.71. The Kier molecular flexibility index (Phi) is 9.54. The van der Waals surface area contributed by atoms with Crippen LogP contribution in [0.3, 0.4) is 0 Å². The summed E-state index contributed by atoms with van der Waals surface area (Å²) in [6, 6.07) is 30.5. The highest BCUT2D eigenvalue weighted by atomic mass is 19.1. The summed E-state index contributed by atoms with van der Waals surface area (Å²) in [6.45, 7) is 9.94. The van der Waals surface area contributed by atoms with E-state index in [1.54, 1.807) is 12.1 Å². The van der Waals surface area contributed by atoms with Crippen LogP contribution in [0.25, 0.3) is 11.1 Å². The van der Waals surface area contributed by atoms with E-state index in [0.717, 1.165) is 30.5 Å². The maximum absolute atomic E-state index is 13.9. The largest absolute Gasteiger partial charge is 0.489 e. The predicted molar refractivity (Wildman–Crippen MR) is 159 cm³/mol. The Morgan fingerprint density at radius 2 is 1.54 bits per heavy atom. The van der Waals surface area contributed by atoms with Crippen molar-refractivity contribution < 1.29 is 13.9 Å². The highest BCUT2D eigenvalue weighted by molar-refractivity contribution is 5.77. The first-order valence-corrected chi connectivity index (χ1v) is 13.8. The van der Waals surface area contributed by atoms with Crippen LogP contribution in [0.15, 0.2) is 91.0 Å². The van der Waals surface area contributed by atoms with Gasteiger partial charge in [0.05, 0.1) is 5.56 Å². The van der Waals surface area contributed by atoms with E-state index >= 15 is 0 Å². The molecule has 0 fully saturated rings. The average molecular weight is 524 g/mol. The summed E-state index contributed by atoms with van der Waals surface area (Å²) >= 11 is 0. The highest BCUT2D eigenvalue weighted by Gasteiger charge is 2.14. The minimum absolute atomic E-state index is 0.0448. The zero-order valence-electron chi connectivity index (χ0n) is 23.4. The molecule has 0 amide bonds. The van der Waals surface area contributed by atoms with Gasteiger partial charge in [0.25, 0.3) is 0 Å².